The molecule has 220 valence electrons. The first-order valence-corrected chi connectivity index (χ1v) is 15.7. The van der Waals surface area contributed by atoms with Gasteiger partial charge in [-0.05, 0) is 77.9 Å². The van der Waals surface area contributed by atoms with Crippen molar-refractivity contribution in [2.45, 2.75) is 26.2 Å². The fourth-order valence-corrected chi connectivity index (χ4v) is 5.09. The summed E-state index contributed by atoms with van der Waals surface area (Å²) in [7, 11) is 0. The van der Waals surface area contributed by atoms with Crippen LogP contribution in [0.1, 0.15) is 42.9 Å². The molecule has 0 saturated heterocycles. The van der Waals surface area contributed by atoms with Crippen molar-refractivity contribution in [1.82, 2.24) is 0 Å². The Bertz CT molecular complexity index is 1600. The molecule has 1 atom stereocenters. The summed E-state index contributed by atoms with van der Waals surface area (Å²) in [6.07, 6.45) is 27.4. The van der Waals surface area contributed by atoms with Crippen molar-refractivity contribution in [1.29, 1.82) is 0 Å². The number of nitrogens with zero attached hydrogens (tertiary/aromatic N) is 1. The second-order valence-electron chi connectivity index (χ2n) is 10.9. The summed E-state index contributed by atoms with van der Waals surface area (Å²) in [5.74, 6) is 0.377. The van der Waals surface area contributed by atoms with Gasteiger partial charge in [0.15, 0.2) is 0 Å². The monoisotopic (exact) mass is 574 g/mol. The van der Waals surface area contributed by atoms with E-state index in [-0.39, 0.29) is 0 Å². The topological polar surface area (TPSA) is 15.3 Å². The van der Waals surface area contributed by atoms with Gasteiger partial charge in [0, 0.05) is 29.3 Å². The van der Waals surface area contributed by atoms with Gasteiger partial charge in [0.1, 0.15) is 0 Å². The zero-order valence-corrected chi connectivity index (χ0v) is 25.6. The summed E-state index contributed by atoms with van der Waals surface area (Å²) < 4.78 is 0. The molecule has 0 amide bonds. The third-order valence-corrected chi connectivity index (χ3v) is 7.55. The van der Waals surface area contributed by atoms with Crippen LogP contribution in [-0.4, -0.2) is 6.54 Å². The minimum atomic E-state index is 0.377. The fourth-order valence-electron chi connectivity index (χ4n) is 5.09. The molecule has 4 aromatic carbocycles. The van der Waals surface area contributed by atoms with Crippen LogP contribution in [0.4, 0.5) is 17.1 Å². The summed E-state index contributed by atoms with van der Waals surface area (Å²) in [6.45, 7) is 3.22. The molecule has 1 unspecified atom stereocenters. The molecule has 2 nitrogen and oxygen atoms in total. The predicted molar refractivity (Wildman–Crippen MR) is 193 cm³/mol. The zero-order chi connectivity index (χ0) is 30.2. The molecule has 1 N–H and O–H groups in total. The Morgan fingerprint density at radius 3 is 1.75 bits per heavy atom. The van der Waals surface area contributed by atoms with Crippen molar-refractivity contribution in [3.63, 3.8) is 0 Å². The Morgan fingerprint density at radius 1 is 0.659 bits per heavy atom. The Labute approximate surface area is 263 Å². The Morgan fingerprint density at radius 2 is 1.20 bits per heavy atom. The van der Waals surface area contributed by atoms with Gasteiger partial charge in [-0.25, -0.2) is 0 Å². The standard InChI is InChI=1S/C42H42N2/c1-2-3-34-43-39-26-32-42(33-27-39)44(40-28-22-37(23-29-40)20-12-10-18-35-14-6-4-7-15-35)41-30-24-38(25-31-41)21-13-11-19-36-16-8-5-9-17-36/h4-24,26-33,38,43H,2-3,25,34H2,1H3/b18-10+,19-11+,20-12+,21-13+. The van der Waals surface area contributed by atoms with Crippen LogP contribution in [0.3, 0.4) is 0 Å². The van der Waals surface area contributed by atoms with Gasteiger partial charge in [-0.1, -0.05) is 147 Å². The fraction of sp³-hybridized carbons (Fsp3) is 0.143. The van der Waals surface area contributed by atoms with Crippen molar-refractivity contribution in [2.24, 2.45) is 5.92 Å². The van der Waals surface area contributed by atoms with Gasteiger partial charge in [-0.2, -0.15) is 0 Å². The molecule has 0 bridgehead atoms. The maximum Gasteiger partial charge on any atom is 0.0462 e. The van der Waals surface area contributed by atoms with Crippen LogP contribution >= 0.6 is 0 Å². The van der Waals surface area contributed by atoms with E-state index in [0.29, 0.717) is 5.92 Å². The SMILES string of the molecule is CCCCNc1ccc(N(C2=CCC(/C=C/C=C/c3ccccc3)C=C2)c2ccc(/C=C/C=C/c3ccccc3)cc2)cc1. The average molecular weight is 575 g/mol. The van der Waals surface area contributed by atoms with Gasteiger partial charge >= 0.3 is 0 Å². The Balaban J connectivity index is 1.30. The van der Waals surface area contributed by atoms with Gasteiger partial charge in [0.05, 0.1) is 0 Å². The highest BCUT2D eigenvalue weighted by molar-refractivity contribution is 5.73. The minimum absolute atomic E-state index is 0.377. The first kappa shape index (κ1) is 30.4. The van der Waals surface area contributed by atoms with E-state index in [4.69, 9.17) is 0 Å². The number of benzene rings is 4. The van der Waals surface area contributed by atoms with Crippen LogP contribution in [0.25, 0.3) is 18.2 Å². The molecule has 0 saturated carbocycles. The summed E-state index contributed by atoms with van der Waals surface area (Å²) in [6, 6.07) is 38.4. The molecule has 0 heterocycles. The van der Waals surface area contributed by atoms with Crippen LogP contribution in [0, 0.1) is 5.92 Å². The largest absolute Gasteiger partial charge is 0.385 e. The number of hydrogen-bond acceptors (Lipinski definition) is 2. The molecule has 0 aliphatic heterocycles. The molecule has 2 heteroatoms. The van der Waals surface area contributed by atoms with E-state index in [1.165, 1.54) is 35.2 Å². The van der Waals surface area contributed by atoms with Crippen molar-refractivity contribution >= 4 is 35.3 Å². The second kappa shape index (κ2) is 16.5. The van der Waals surface area contributed by atoms with E-state index in [0.717, 1.165) is 30.0 Å². The third kappa shape index (κ3) is 9.21. The molecule has 4 aromatic rings. The van der Waals surface area contributed by atoms with Gasteiger partial charge < -0.3 is 10.2 Å². The van der Waals surface area contributed by atoms with E-state index in [2.05, 4.69) is 181 Å². The first-order valence-electron chi connectivity index (χ1n) is 15.7. The molecule has 0 fully saturated rings. The number of nitrogens with one attached hydrogen (secondary N) is 1. The quantitative estimate of drug-likeness (QED) is 0.126. The predicted octanol–water partition coefficient (Wildman–Crippen LogP) is 11.5. The lowest BCUT2D eigenvalue weighted by atomic mass is 9.97. The van der Waals surface area contributed by atoms with E-state index in [1.54, 1.807) is 0 Å². The highest BCUT2D eigenvalue weighted by Crippen LogP contribution is 2.34. The number of anilines is 3. The van der Waals surface area contributed by atoms with Gasteiger partial charge in [0.25, 0.3) is 0 Å². The minimum Gasteiger partial charge on any atom is -0.385 e. The molecular weight excluding hydrogens is 532 g/mol. The third-order valence-electron chi connectivity index (χ3n) is 7.55. The van der Waals surface area contributed by atoms with Gasteiger partial charge in [-0.3, -0.25) is 0 Å². The van der Waals surface area contributed by atoms with Crippen LogP contribution < -0.4 is 10.2 Å². The highest BCUT2D eigenvalue weighted by Gasteiger charge is 2.16. The van der Waals surface area contributed by atoms with Crippen molar-refractivity contribution in [3.8, 4) is 0 Å². The number of hydrogen-bond donors (Lipinski definition) is 1. The molecule has 5 rings (SSSR count). The molecular formula is C42H42N2. The highest BCUT2D eigenvalue weighted by atomic mass is 15.1. The summed E-state index contributed by atoms with van der Waals surface area (Å²) in [5, 5.41) is 3.54. The number of rotatable bonds is 13. The zero-order valence-electron chi connectivity index (χ0n) is 25.6. The van der Waals surface area contributed by atoms with E-state index in [1.807, 2.05) is 12.1 Å². The van der Waals surface area contributed by atoms with Crippen LogP contribution in [-0.2, 0) is 0 Å². The Hall–Kier alpha value is -5.08. The van der Waals surface area contributed by atoms with Crippen molar-refractivity contribution < 1.29 is 0 Å². The van der Waals surface area contributed by atoms with Crippen molar-refractivity contribution in [3.05, 3.63) is 180 Å². The molecule has 0 spiro atoms. The van der Waals surface area contributed by atoms with Crippen LogP contribution in [0.5, 0.6) is 0 Å². The molecule has 1 aliphatic carbocycles. The lowest BCUT2D eigenvalue weighted by Gasteiger charge is -2.29. The maximum atomic E-state index is 3.54. The lowest BCUT2D eigenvalue weighted by Crippen LogP contribution is -2.17. The molecule has 0 aromatic heterocycles. The number of unbranched alkanes of at least 4 members (excludes halogenated alkanes) is 1. The summed E-state index contributed by atoms with van der Waals surface area (Å²) in [5.41, 5.74) is 8.23. The smallest absolute Gasteiger partial charge is 0.0462 e. The van der Waals surface area contributed by atoms with E-state index in [9.17, 15) is 0 Å². The van der Waals surface area contributed by atoms with Crippen LogP contribution in [0.15, 0.2) is 163 Å². The lowest BCUT2D eigenvalue weighted by molar-refractivity contribution is 0.809. The molecule has 1 aliphatic rings. The van der Waals surface area contributed by atoms with Crippen LogP contribution in [0.2, 0.25) is 0 Å². The summed E-state index contributed by atoms with van der Waals surface area (Å²) in [4.78, 5) is 2.35. The van der Waals surface area contributed by atoms with Crippen molar-refractivity contribution in [2.75, 3.05) is 16.8 Å². The number of allylic oxidation sites excluding steroid dienone is 8. The maximum absolute atomic E-state index is 3.54. The first-order chi connectivity index (χ1) is 21.8. The van der Waals surface area contributed by atoms with Gasteiger partial charge in [-0.15, -0.1) is 0 Å². The average Bonchev–Trinajstić information content (AvgIpc) is 3.08. The summed E-state index contributed by atoms with van der Waals surface area (Å²) >= 11 is 0. The normalized spacial score (nSPS) is 15.0. The molecule has 44 heavy (non-hydrogen) atoms. The van der Waals surface area contributed by atoms with E-state index < -0.39 is 0 Å². The second-order valence-corrected chi connectivity index (χ2v) is 10.9. The Kier molecular flexibility index (Phi) is 11.4. The van der Waals surface area contributed by atoms with Gasteiger partial charge in [0.2, 0.25) is 0 Å². The molecule has 0 radical (unpaired) electrons. The van der Waals surface area contributed by atoms with E-state index >= 15 is 0 Å².